The highest BCUT2D eigenvalue weighted by Crippen LogP contribution is 2.43. The van der Waals surface area contributed by atoms with Crippen LogP contribution in [-0.4, -0.2) is 49.3 Å². The summed E-state index contributed by atoms with van der Waals surface area (Å²) in [5.41, 5.74) is 5.41. The topological polar surface area (TPSA) is 134 Å². The predicted molar refractivity (Wildman–Crippen MR) is 412 cm³/mol. The van der Waals surface area contributed by atoms with Gasteiger partial charge >= 0.3 is 19.8 Å². The minimum absolute atomic E-state index is 0.0405. The van der Waals surface area contributed by atoms with E-state index in [0.29, 0.717) is 6.42 Å². The van der Waals surface area contributed by atoms with E-state index in [1.807, 2.05) is 0 Å². The van der Waals surface area contributed by atoms with Crippen molar-refractivity contribution in [2.75, 3.05) is 26.4 Å². The summed E-state index contributed by atoms with van der Waals surface area (Å²) in [6.07, 6.45) is 119. The molecule has 0 aromatic rings. The van der Waals surface area contributed by atoms with Crippen molar-refractivity contribution >= 4 is 19.8 Å². The predicted octanol–water partition coefficient (Wildman–Crippen LogP) is 25.4. The third kappa shape index (κ3) is 77.5. The van der Waals surface area contributed by atoms with Crippen molar-refractivity contribution in [2.24, 2.45) is 5.73 Å². The van der Waals surface area contributed by atoms with Crippen LogP contribution < -0.4 is 5.73 Å². The van der Waals surface area contributed by atoms with E-state index in [1.165, 1.54) is 89.9 Å². The molecule has 534 valence electrons. The summed E-state index contributed by atoms with van der Waals surface area (Å²) in [6.45, 7) is 3.48. The first-order chi connectivity index (χ1) is 46.8. The second-order valence-electron chi connectivity index (χ2n) is 24.0. The number of esters is 2. The molecule has 0 aromatic carbocycles. The SMILES string of the molecule is CC/C=C\C/C=C\C/C=C\C/C=C\C/C=C\C/C=C\C/C=C\C/C=C\C/C=C\CCCCCCCC(=O)OC(COC(=O)CCCCCCCCCCCCCCCCCC/C=C\C/C=C\C/C=C\C/C=C\C/C=C\C/C=C\C/C=C\C/C=C\CC)COP(=O)(O)OCCN. The number of unbranched alkanes of at least 4 members (excludes halogenated alkanes) is 21. The van der Waals surface area contributed by atoms with Gasteiger partial charge < -0.3 is 20.1 Å². The fraction of sp³-hybridized carbons (Fsp3) is 0.576. The third-order valence-electron chi connectivity index (χ3n) is 15.2. The van der Waals surface area contributed by atoms with Gasteiger partial charge in [-0.1, -0.05) is 330 Å². The number of carbonyl (C=O) groups is 2. The quantitative estimate of drug-likeness (QED) is 0.0264. The molecule has 0 saturated heterocycles. The second kappa shape index (κ2) is 77.6. The van der Waals surface area contributed by atoms with Gasteiger partial charge in [0, 0.05) is 19.4 Å². The number of ether oxygens (including phenoxy) is 2. The Balaban J connectivity index is 3.95. The Morgan fingerprint density at radius 3 is 0.811 bits per heavy atom. The number of phosphoric ester groups is 1. The lowest BCUT2D eigenvalue weighted by atomic mass is 10.0. The normalized spacial score (nSPS) is 14.1. The molecule has 0 rings (SSSR count). The maximum absolute atomic E-state index is 12.8. The number of hydrogen-bond acceptors (Lipinski definition) is 8. The summed E-state index contributed by atoms with van der Waals surface area (Å²) in [6, 6.07) is 0. The summed E-state index contributed by atoms with van der Waals surface area (Å²) < 4.78 is 33.2. The molecule has 0 aliphatic heterocycles. The van der Waals surface area contributed by atoms with Gasteiger partial charge in [0.2, 0.25) is 0 Å². The first-order valence-corrected chi connectivity index (χ1v) is 39.1. The molecule has 3 N–H and O–H groups in total. The Bertz CT molecular complexity index is 2320. The van der Waals surface area contributed by atoms with Crippen LogP contribution in [0, 0.1) is 0 Å². The molecule has 0 amide bonds. The van der Waals surface area contributed by atoms with E-state index < -0.39 is 32.5 Å². The Hall–Kier alpha value is -5.41. The van der Waals surface area contributed by atoms with Crippen LogP contribution in [0.1, 0.15) is 284 Å². The lowest BCUT2D eigenvalue weighted by molar-refractivity contribution is -0.161. The van der Waals surface area contributed by atoms with E-state index in [4.69, 9.17) is 24.3 Å². The Morgan fingerprint density at radius 2 is 0.547 bits per heavy atom. The van der Waals surface area contributed by atoms with Crippen LogP contribution in [0.5, 0.6) is 0 Å². The molecule has 2 unspecified atom stereocenters. The van der Waals surface area contributed by atoms with E-state index in [1.54, 1.807) is 0 Å². The summed E-state index contributed by atoms with van der Waals surface area (Å²) >= 11 is 0. The third-order valence-corrected chi connectivity index (χ3v) is 16.1. The molecule has 0 radical (unpaired) electrons. The molecule has 0 saturated carbocycles. The molecule has 0 aliphatic carbocycles. The molecule has 95 heavy (non-hydrogen) atoms. The Kier molecular flexibility index (Phi) is 73.2. The maximum atomic E-state index is 12.8. The summed E-state index contributed by atoms with van der Waals surface area (Å²) in [5.74, 6) is -0.858. The lowest BCUT2D eigenvalue weighted by Crippen LogP contribution is -2.29. The van der Waals surface area contributed by atoms with E-state index in [9.17, 15) is 19.0 Å². The van der Waals surface area contributed by atoms with E-state index in [-0.39, 0.29) is 32.6 Å². The van der Waals surface area contributed by atoms with Gasteiger partial charge in [0.15, 0.2) is 6.10 Å². The zero-order valence-corrected chi connectivity index (χ0v) is 61.0. The fourth-order valence-corrected chi connectivity index (χ4v) is 10.5. The highest BCUT2D eigenvalue weighted by molar-refractivity contribution is 7.47. The fourth-order valence-electron chi connectivity index (χ4n) is 9.70. The minimum atomic E-state index is -4.42. The molecule has 0 aliphatic rings. The van der Waals surface area contributed by atoms with Crippen molar-refractivity contribution in [2.45, 2.75) is 290 Å². The van der Waals surface area contributed by atoms with Crippen molar-refractivity contribution in [3.63, 3.8) is 0 Å². The smallest absolute Gasteiger partial charge is 0.462 e. The van der Waals surface area contributed by atoms with Gasteiger partial charge in [-0.3, -0.25) is 18.6 Å². The minimum Gasteiger partial charge on any atom is -0.462 e. The van der Waals surface area contributed by atoms with Gasteiger partial charge in [-0.05, 0) is 148 Å². The standard InChI is InChI=1S/C85H136NO8P/c1-3-5-7-9-11-13-15-17-19-21-23-25-27-29-31-33-35-37-38-39-40-41-42-43-44-46-47-49-51-53-55-57-59-61-63-65-67-69-71-73-75-77-84(87)91-81-83(82-93-95(89,90)92-80-79-86)94-85(88)78-76-74-72-70-68-66-64-62-60-58-56-54-52-50-48-45-36-34-32-30-28-26-24-22-20-18-16-14-12-10-8-6-4-2/h5-8,11-14,17-20,23-26,29-32,35-37,39-40,42-43,45,50,52,56,58,62,64,83H,3-4,9-10,15-16,21-22,27-28,33-34,38,41,44,46-49,51,53-55,57,59-61,63,65-82,86H2,1-2H3,(H,89,90)/b7-5-,8-6-,13-11-,14-12-,19-17-,20-18-,25-23-,26-24-,31-29-,32-30-,37-35-,40-39-,43-42-,45-36-,52-50-,58-56-,64-62-. The summed E-state index contributed by atoms with van der Waals surface area (Å²) in [5, 5.41) is 0. The van der Waals surface area contributed by atoms with Gasteiger partial charge in [0.1, 0.15) is 6.61 Å². The largest absolute Gasteiger partial charge is 0.472 e. The van der Waals surface area contributed by atoms with Crippen LogP contribution in [0.4, 0.5) is 0 Å². The van der Waals surface area contributed by atoms with Gasteiger partial charge in [0.05, 0.1) is 13.2 Å². The monoisotopic (exact) mass is 1330 g/mol. The van der Waals surface area contributed by atoms with E-state index in [2.05, 4.69) is 220 Å². The first kappa shape index (κ1) is 89.6. The molecular formula is C85H136NO8P. The van der Waals surface area contributed by atoms with E-state index in [0.717, 1.165) is 161 Å². The Morgan fingerprint density at radius 1 is 0.316 bits per heavy atom. The van der Waals surface area contributed by atoms with Crippen LogP contribution in [0.3, 0.4) is 0 Å². The zero-order valence-electron chi connectivity index (χ0n) is 60.1. The molecule has 0 heterocycles. The average Bonchev–Trinajstić information content (AvgIpc) is 3.25. The molecule has 0 fully saturated rings. The molecule has 9 nitrogen and oxygen atoms in total. The molecule has 2 atom stereocenters. The first-order valence-electron chi connectivity index (χ1n) is 37.6. The van der Waals surface area contributed by atoms with Crippen LogP contribution in [0.2, 0.25) is 0 Å². The number of phosphoric acid groups is 1. The molecule has 0 bridgehead atoms. The van der Waals surface area contributed by atoms with Crippen LogP contribution in [0.25, 0.3) is 0 Å². The molecule has 10 heteroatoms. The lowest BCUT2D eigenvalue weighted by Gasteiger charge is -2.19. The van der Waals surface area contributed by atoms with Gasteiger partial charge in [-0.2, -0.15) is 0 Å². The highest BCUT2D eigenvalue weighted by Gasteiger charge is 2.26. The zero-order chi connectivity index (χ0) is 68.6. The second-order valence-corrected chi connectivity index (χ2v) is 25.5. The number of allylic oxidation sites excluding steroid dienone is 34. The average molecular weight is 1330 g/mol. The van der Waals surface area contributed by atoms with Crippen molar-refractivity contribution in [3.05, 3.63) is 207 Å². The van der Waals surface area contributed by atoms with Crippen LogP contribution in [0.15, 0.2) is 207 Å². The van der Waals surface area contributed by atoms with E-state index >= 15 is 0 Å². The van der Waals surface area contributed by atoms with Crippen molar-refractivity contribution in [1.29, 1.82) is 0 Å². The molecular weight excluding hydrogens is 1190 g/mol. The van der Waals surface area contributed by atoms with Gasteiger partial charge in [0.25, 0.3) is 0 Å². The molecule has 0 spiro atoms. The van der Waals surface area contributed by atoms with Crippen molar-refractivity contribution < 1.29 is 37.6 Å². The maximum Gasteiger partial charge on any atom is 0.472 e. The number of nitrogens with two attached hydrogens (primary N) is 1. The number of rotatable bonds is 68. The highest BCUT2D eigenvalue weighted by atomic mass is 31.2. The van der Waals surface area contributed by atoms with Gasteiger partial charge in [-0.15, -0.1) is 0 Å². The number of carbonyl (C=O) groups excluding carboxylic acids is 2. The van der Waals surface area contributed by atoms with Crippen molar-refractivity contribution in [3.8, 4) is 0 Å². The summed E-state index contributed by atoms with van der Waals surface area (Å²) in [7, 11) is -4.42. The van der Waals surface area contributed by atoms with Crippen molar-refractivity contribution in [1.82, 2.24) is 0 Å². The van der Waals surface area contributed by atoms with Crippen LogP contribution >= 0.6 is 7.82 Å². The van der Waals surface area contributed by atoms with Crippen LogP contribution in [-0.2, 0) is 32.7 Å². The summed E-state index contributed by atoms with van der Waals surface area (Å²) in [4.78, 5) is 35.4. The van der Waals surface area contributed by atoms with Gasteiger partial charge in [-0.25, -0.2) is 4.57 Å². The molecule has 0 aromatic heterocycles. The Labute approximate surface area is 582 Å². The number of hydrogen-bond donors (Lipinski definition) is 2.